The summed E-state index contributed by atoms with van der Waals surface area (Å²) in [5.74, 6) is 3.24. The predicted molar refractivity (Wildman–Crippen MR) is 83.6 cm³/mol. The molecule has 0 aromatic carbocycles. The SMILES string of the molecule is CC1CC(C)CC(OCC(C)C2CCC(C)CC2O)C1. The van der Waals surface area contributed by atoms with E-state index in [1.54, 1.807) is 0 Å². The highest BCUT2D eigenvalue weighted by Crippen LogP contribution is 2.35. The monoisotopic (exact) mass is 282 g/mol. The highest BCUT2D eigenvalue weighted by atomic mass is 16.5. The first-order chi connectivity index (χ1) is 9.45. The van der Waals surface area contributed by atoms with Gasteiger partial charge in [-0.25, -0.2) is 0 Å². The summed E-state index contributed by atoms with van der Waals surface area (Å²) in [5, 5.41) is 10.3. The molecule has 0 saturated heterocycles. The van der Waals surface area contributed by atoms with Crippen molar-refractivity contribution in [2.45, 2.75) is 78.4 Å². The van der Waals surface area contributed by atoms with Gasteiger partial charge in [-0.15, -0.1) is 0 Å². The van der Waals surface area contributed by atoms with Gasteiger partial charge in [-0.3, -0.25) is 0 Å². The lowest BCUT2D eigenvalue weighted by Crippen LogP contribution is -2.36. The maximum Gasteiger partial charge on any atom is 0.0580 e. The molecule has 2 aliphatic carbocycles. The van der Waals surface area contributed by atoms with Crippen molar-refractivity contribution in [3.05, 3.63) is 0 Å². The van der Waals surface area contributed by atoms with Gasteiger partial charge in [0.2, 0.25) is 0 Å². The maximum atomic E-state index is 10.3. The Bertz CT molecular complexity index is 281. The van der Waals surface area contributed by atoms with Gasteiger partial charge < -0.3 is 9.84 Å². The molecule has 0 heterocycles. The highest BCUT2D eigenvalue weighted by Gasteiger charge is 2.32. The molecule has 0 aliphatic heterocycles. The number of ether oxygens (including phenoxy) is 1. The van der Waals surface area contributed by atoms with E-state index in [0.29, 0.717) is 23.9 Å². The molecule has 0 aromatic rings. The molecule has 0 bridgehead atoms. The van der Waals surface area contributed by atoms with Gasteiger partial charge in [0.05, 0.1) is 12.2 Å². The van der Waals surface area contributed by atoms with E-state index in [9.17, 15) is 5.11 Å². The molecule has 2 saturated carbocycles. The molecule has 20 heavy (non-hydrogen) atoms. The summed E-state index contributed by atoms with van der Waals surface area (Å²) >= 11 is 0. The number of aliphatic hydroxyl groups is 1. The summed E-state index contributed by atoms with van der Waals surface area (Å²) in [7, 11) is 0. The van der Waals surface area contributed by atoms with E-state index in [0.717, 1.165) is 24.9 Å². The van der Waals surface area contributed by atoms with Gasteiger partial charge in [-0.2, -0.15) is 0 Å². The van der Waals surface area contributed by atoms with Crippen LogP contribution in [0.2, 0.25) is 0 Å². The summed E-state index contributed by atoms with van der Waals surface area (Å²) in [6, 6.07) is 0. The van der Waals surface area contributed by atoms with E-state index < -0.39 is 0 Å². The van der Waals surface area contributed by atoms with Crippen molar-refractivity contribution in [1.29, 1.82) is 0 Å². The lowest BCUT2D eigenvalue weighted by atomic mass is 9.75. The van der Waals surface area contributed by atoms with Crippen LogP contribution in [-0.4, -0.2) is 23.9 Å². The Morgan fingerprint density at radius 2 is 1.60 bits per heavy atom. The summed E-state index contributed by atoms with van der Waals surface area (Å²) in [6.07, 6.45) is 7.56. The van der Waals surface area contributed by atoms with Crippen LogP contribution < -0.4 is 0 Å². The van der Waals surface area contributed by atoms with Crippen LogP contribution in [-0.2, 0) is 4.74 Å². The Kier molecular flexibility index (Phi) is 5.92. The second kappa shape index (κ2) is 7.26. The van der Waals surface area contributed by atoms with Crippen molar-refractivity contribution in [3.63, 3.8) is 0 Å². The Hall–Kier alpha value is -0.0800. The minimum atomic E-state index is -0.110. The molecular formula is C18H34O2. The van der Waals surface area contributed by atoms with E-state index in [4.69, 9.17) is 4.74 Å². The van der Waals surface area contributed by atoms with Crippen LogP contribution in [0.4, 0.5) is 0 Å². The molecule has 2 fully saturated rings. The third-order valence-corrected chi connectivity index (χ3v) is 5.59. The molecule has 2 aliphatic rings. The Labute approximate surface area is 125 Å². The normalized spacial score (nSPS) is 44.2. The fraction of sp³-hybridized carbons (Fsp3) is 1.00. The molecule has 0 radical (unpaired) electrons. The first-order valence-electron chi connectivity index (χ1n) is 8.75. The molecular weight excluding hydrogens is 248 g/mol. The topological polar surface area (TPSA) is 29.5 Å². The first-order valence-corrected chi connectivity index (χ1v) is 8.75. The zero-order chi connectivity index (χ0) is 14.7. The second-order valence-electron chi connectivity index (χ2n) is 8.00. The van der Waals surface area contributed by atoms with Crippen LogP contribution >= 0.6 is 0 Å². The van der Waals surface area contributed by atoms with Crippen LogP contribution in [0.3, 0.4) is 0 Å². The first kappa shape index (κ1) is 16.3. The molecule has 6 atom stereocenters. The van der Waals surface area contributed by atoms with Crippen LogP contribution in [0.25, 0.3) is 0 Å². The van der Waals surface area contributed by atoms with E-state index in [2.05, 4.69) is 27.7 Å². The number of rotatable bonds is 4. The molecule has 118 valence electrons. The predicted octanol–water partition coefficient (Wildman–Crippen LogP) is 4.26. The van der Waals surface area contributed by atoms with Crippen LogP contribution in [0.1, 0.15) is 66.2 Å². The van der Waals surface area contributed by atoms with Gasteiger partial charge in [0, 0.05) is 6.61 Å². The Balaban J connectivity index is 1.75. The number of aliphatic hydroxyl groups excluding tert-OH is 1. The van der Waals surface area contributed by atoms with Crippen LogP contribution in [0.15, 0.2) is 0 Å². The van der Waals surface area contributed by atoms with Gasteiger partial charge in [0.15, 0.2) is 0 Å². The van der Waals surface area contributed by atoms with Crippen LogP contribution in [0.5, 0.6) is 0 Å². The third-order valence-electron chi connectivity index (χ3n) is 5.59. The largest absolute Gasteiger partial charge is 0.393 e. The molecule has 0 aromatic heterocycles. The van der Waals surface area contributed by atoms with Crippen molar-refractivity contribution in [2.75, 3.05) is 6.61 Å². The highest BCUT2D eigenvalue weighted by molar-refractivity contribution is 4.82. The second-order valence-corrected chi connectivity index (χ2v) is 8.00. The van der Waals surface area contributed by atoms with Gasteiger partial charge in [-0.1, -0.05) is 34.1 Å². The van der Waals surface area contributed by atoms with E-state index in [1.165, 1.54) is 32.1 Å². The van der Waals surface area contributed by atoms with Gasteiger partial charge in [-0.05, 0) is 61.7 Å². The van der Waals surface area contributed by atoms with Gasteiger partial charge >= 0.3 is 0 Å². The number of hydrogen-bond acceptors (Lipinski definition) is 2. The number of hydrogen-bond donors (Lipinski definition) is 1. The standard InChI is InChI=1S/C18H34O2/c1-12-5-6-17(18(19)10-12)15(4)11-20-16-8-13(2)7-14(3)9-16/h12-19H,5-11H2,1-4H3. The van der Waals surface area contributed by atoms with E-state index in [1.807, 2.05) is 0 Å². The summed E-state index contributed by atoms with van der Waals surface area (Å²) in [5.41, 5.74) is 0. The average molecular weight is 282 g/mol. The lowest BCUT2D eigenvalue weighted by molar-refractivity contribution is -0.0482. The maximum absolute atomic E-state index is 10.3. The molecule has 0 amide bonds. The summed E-state index contributed by atoms with van der Waals surface area (Å²) in [6.45, 7) is 10.1. The van der Waals surface area contributed by atoms with E-state index in [-0.39, 0.29) is 6.10 Å². The van der Waals surface area contributed by atoms with Gasteiger partial charge in [0.25, 0.3) is 0 Å². The Morgan fingerprint density at radius 1 is 0.950 bits per heavy atom. The summed E-state index contributed by atoms with van der Waals surface area (Å²) in [4.78, 5) is 0. The van der Waals surface area contributed by atoms with Crippen molar-refractivity contribution >= 4 is 0 Å². The van der Waals surface area contributed by atoms with Crippen molar-refractivity contribution in [1.82, 2.24) is 0 Å². The lowest BCUT2D eigenvalue weighted by Gasteiger charge is -2.37. The van der Waals surface area contributed by atoms with Gasteiger partial charge in [0.1, 0.15) is 0 Å². The quantitative estimate of drug-likeness (QED) is 0.835. The molecule has 1 N–H and O–H groups in total. The molecule has 2 rings (SSSR count). The van der Waals surface area contributed by atoms with Crippen molar-refractivity contribution in [2.24, 2.45) is 29.6 Å². The third kappa shape index (κ3) is 4.46. The molecule has 2 nitrogen and oxygen atoms in total. The fourth-order valence-corrected chi connectivity index (χ4v) is 4.46. The van der Waals surface area contributed by atoms with Crippen molar-refractivity contribution < 1.29 is 9.84 Å². The molecule has 0 spiro atoms. The molecule has 6 unspecified atom stereocenters. The zero-order valence-electron chi connectivity index (χ0n) is 13.8. The Morgan fingerprint density at radius 3 is 2.20 bits per heavy atom. The minimum Gasteiger partial charge on any atom is -0.393 e. The average Bonchev–Trinajstić information content (AvgIpc) is 2.35. The van der Waals surface area contributed by atoms with E-state index >= 15 is 0 Å². The fourth-order valence-electron chi connectivity index (χ4n) is 4.46. The zero-order valence-corrected chi connectivity index (χ0v) is 13.8. The smallest absolute Gasteiger partial charge is 0.0580 e. The van der Waals surface area contributed by atoms with Crippen molar-refractivity contribution in [3.8, 4) is 0 Å². The molecule has 2 heteroatoms. The summed E-state index contributed by atoms with van der Waals surface area (Å²) < 4.78 is 6.20. The van der Waals surface area contributed by atoms with Crippen LogP contribution in [0, 0.1) is 29.6 Å². The minimum absolute atomic E-state index is 0.110.